The predicted octanol–water partition coefficient (Wildman–Crippen LogP) is 4.09. The summed E-state index contributed by atoms with van der Waals surface area (Å²) in [6, 6.07) is 17.1. The maximum Gasteiger partial charge on any atom is 0.224 e. The standard InChI is InChI=1S/C20H15FN2O3/c21-15-7-5-13(6-8-15)9-20(24)22-12-16-11-19(26-23-16)18-10-14-3-1-2-4-17(14)25-18/h1-8,10-11H,9,12H2,(H,22,24). The Kier molecular flexibility index (Phi) is 4.23. The van der Waals surface area contributed by atoms with Gasteiger partial charge in [0.25, 0.3) is 0 Å². The Balaban J connectivity index is 1.38. The zero-order valence-corrected chi connectivity index (χ0v) is 13.7. The number of furan rings is 1. The molecule has 0 spiro atoms. The molecule has 0 aliphatic heterocycles. The smallest absolute Gasteiger partial charge is 0.224 e. The molecule has 0 aliphatic carbocycles. The van der Waals surface area contributed by atoms with Gasteiger partial charge < -0.3 is 14.3 Å². The first-order chi connectivity index (χ1) is 12.7. The minimum atomic E-state index is -0.324. The summed E-state index contributed by atoms with van der Waals surface area (Å²) in [7, 11) is 0. The number of benzene rings is 2. The highest BCUT2D eigenvalue weighted by Gasteiger charge is 2.12. The van der Waals surface area contributed by atoms with E-state index in [1.54, 1.807) is 18.2 Å². The van der Waals surface area contributed by atoms with Crippen molar-refractivity contribution in [1.82, 2.24) is 10.5 Å². The Bertz CT molecular complexity index is 1020. The third kappa shape index (κ3) is 3.49. The van der Waals surface area contributed by atoms with Crippen molar-refractivity contribution in [2.24, 2.45) is 0 Å². The van der Waals surface area contributed by atoms with Gasteiger partial charge in [0.05, 0.1) is 13.0 Å². The number of halogens is 1. The van der Waals surface area contributed by atoms with E-state index in [0.717, 1.165) is 16.5 Å². The average Bonchev–Trinajstić information content (AvgIpc) is 3.28. The number of hydrogen-bond donors (Lipinski definition) is 1. The third-order valence-electron chi connectivity index (χ3n) is 3.97. The lowest BCUT2D eigenvalue weighted by molar-refractivity contribution is -0.120. The van der Waals surface area contributed by atoms with Gasteiger partial charge in [0.15, 0.2) is 5.76 Å². The number of para-hydroxylation sites is 1. The van der Waals surface area contributed by atoms with Gasteiger partial charge in [0.2, 0.25) is 11.7 Å². The van der Waals surface area contributed by atoms with E-state index in [1.807, 2.05) is 30.3 Å². The van der Waals surface area contributed by atoms with Crippen LogP contribution in [0.25, 0.3) is 22.5 Å². The van der Waals surface area contributed by atoms with Crippen LogP contribution in [0.3, 0.4) is 0 Å². The summed E-state index contributed by atoms with van der Waals surface area (Å²) < 4.78 is 23.9. The summed E-state index contributed by atoms with van der Waals surface area (Å²) in [5, 5.41) is 7.70. The molecule has 0 aliphatic rings. The lowest BCUT2D eigenvalue weighted by Crippen LogP contribution is -2.24. The highest BCUT2D eigenvalue weighted by atomic mass is 19.1. The zero-order chi connectivity index (χ0) is 17.9. The monoisotopic (exact) mass is 350 g/mol. The second kappa shape index (κ2) is 6.84. The van der Waals surface area contributed by atoms with Gasteiger partial charge in [-0.1, -0.05) is 35.5 Å². The SMILES string of the molecule is O=C(Cc1ccc(F)cc1)NCc1cc(-c2cc3ccccc3o2)on1. The van der Waals surface area contributed by atoms with Crippen molar-refractivity contribution in [3.63, 3.8) is 0 Å². The molecule has 2 heterocycles. The van der Waals surface area contributed by atoms with E-state index >= 15 is 0 Å². The molecule has 0 saturated carbocycles. The highest BCUT2D eigenvalue weighted by molar-refractivity contribution is 5.82. The van der Waals surface area contributed by atoms with Gasteiger partial charge in [-0.25, -0.2) is 4.39 Å². The summed E-state index contributed by atoms with van der Waals surface area (Å²) in [6.45, 7) is 0.240. The Morgan fingerprint density at radius 2 is 1.85 bits per heavy atom. The lowest BCUT2D eigenvalue weighted by Gasteiger charge is -2.03. The van der Waals surface area contributed by atoms with E-state index in [1.165, 1.54) is 12.1 Å². The van der Waals surface area contributed by atoms with Crippen LogP contribution in [0.5, 0.6) is 0 Å². The van der Waals surface area contributed by atoms with Gasteiger partial charge in [-0.05, 0) is 29.8 Å². The van der Waals surface area contributed by atoms with Gasteiger partial charge in [-0.2, -0.15) is 0 Å². The van der Waals surface area contributed by atoms with Crippen molar-refractivity contribution in [3.05, 3.63) is 77.7 Å². The predicted molar refractivity (Wildman–Crippen MR) is 93.7 cm³/mol. The van der Waals surface area contributed by atoms with Crippen LogP contribution < -0.4 is 5.32 Å². The molecule has 4 rings (SSSR count). The number of rotatable bonds is 5. The number of fused-ring (bicyclic) bond motifs is 1. The summed E-state index contributed by atoms with van der Waals surface area (Å²) in [4.78, 5) is 12.0. The van der Waals surface area contributed by atoms with Crippen molar-refractivity contribution in [1.29, 1.82) is 0 Å². The van der Waals surface area contributed by atoms with Crippen LogP contribution >= 0.6 is 0 Å². The topological polar surface area (TPSA) is 68.3 Å². The number of carbonyl (C=O) groups excluding carboxylic acids is 1. The molecule has 26 heavy (non-hydrogen) atoms. The summed E-state index contributed by atoms with van der Waals surface area (Å²) in [5.74, 6) is 0.589. The van der Waals surface area contributed by atoms with Crippen LogP contribution in [0.15, 0.2) is 69.6 Å². The molecule has 2 aromatic carbocycles. The van der Waals surface area contributed by atoms with Crippen LogP contribution in [0.4, 0.5) is 4.39 Å². The largest absolute Gasteiger partial charge is 0.453 e. The molecule has 0 radical (unpaired) electrons. The molecule has 1 N–H and O–H groups in total. The van der Waals surface area contributed by atoms with Crippen LogP contribution in [0, 0.1) is 5.82 Å². The van der Waals surface area contributed by atoms with Crippen molar-refractivity contribution >= 4 is 16.9 Å². The number of nitrogens with one attached hydrogen (secondary N) is 1. The van der Waals surface area contributed by atoms with E-state index in [0.29, 0.717) is 17.2 Å². The van der Waals surface area contributed by atoms with Crippen molar-refractivity contribution in [2.75, 3.05) is 0 Å². The summed E-state index contributed by atoms with van der Waals surface area (Å²) in [5.41, 5.74) is 2.10. The van der Waals surface area contributed by atoms with Crippen molar-refractivity contribution in [2.45, 2.75) is 13.0 Å². The van der Waals surface area contributed by atoms with Gasteiger partial charge >= 0.3 is 0 Å². The van der Waals surface area contributed by atoms with Gasteiger partial charge in [0.1, 0.15) is 17.1 Å². The van der Waals surface area contributed by atoms with Gasteiger partial charge in [0, 0.05) is 11.5 Å². The minimum absolute atomic E-state index is 0.175. The maximum atomic E-state index is 12.9. The molecule has 0 atom stereocenters. The lowest BCUT2D eigenvalue weighted by atomic mass is 10.1. The van der Waals surface area contributed by atoms with E-state index < -0.39 is 0 Å². The molecule has 0 saturated heterocycles. The number of aromatic nitrogens is 1. The van der Waals surface area contributed by atoms with E-state index in [9.17, 15) is 9.18 Å². The molecule has 1 amide bonds. The molecular weight excluding hydrogens is 335 g/mol. The second-order valence-electron chi connectivity index (χ2n) is 5.91. The first-order valence-electron chi connectivity index (χ1n) is 8.13. The molecule has 130 valence electrons. The molecule has 0 bridgehead atoms. The Hall–Kier alpha value is -3.41. The number of hydrogen-bond acceptors (Lipinski definition) is 4. The Labute approximate surface area is 148 Å². The zero-order valence-electron chi connectivity index (χ0n) is 13.7. The fraction of sp³-hybridized carbons (Fsp3) is 0.100. The number of carbonyl (C=O) groups is 1. The number of nitrogens with zero attached hydrogens (tertiary/aromatic N) is 1. The van der Waals surface area contributed by atoms with Crippen LogP contribution in [-0.4, -0.2) is 11.1 Å². The minimum Gasteiger partial charge on any atom is -0.453 e. The average molecular weight is 350 g/mol. The van der Waals surface area contributed by atoms with Crippen LogP contribution in [-0.2, 0) is 17.8 Å². The maximum absolute atomic E-state index is 12.9. The summed E-state index contributed by atoms with van der Waals surface area (Å²) in [6.07, 6.45) is 0.175. The first-order valence-corrected chi connectivity index (χ1v) is 8.13. The fourth-order valence-electron chi connectivity index (χ4n) is 2.65. The van der Waals surface area contributed by atoms with E-state index in [2.05, 4.69) is 10.5 Å². The summed E-state index contributed by atoms with van der Waals surface area (Å²) >= 11 is 0. The Morgan fingerprint density at radius 3 is 2.65 bits per heavy atom. The molecule has 0 fully saturated rings. The highest BCUT2D eigenvalue weighted by Crippen LogP contribution is 2.28. The van der Waals surface area contributed by atoms with Crippen LogP contribution in [0.2, 0.25) is 0 Å². The molecular formula is C20H15FN2O3. The Morgan fingerprint density at radius 1 is 1.04 bits per heavy atom. The normalized spacial score (nSPS) is 11.0. The second-order valence-corrected chi connectivity index (χ2v) is 5.91. The molecule has 6 heteroatoms. The third-order valence-corrected chi connectivity index (χ3v) is 3.97. The van der Waals surface area contributed by atoms with Crippen LogP contribution in [0.1, 0.15) is 11.3 Å². The molecule has 2 aromatic heterocycles. The number of amides is 1. The van der Waals surface area contributed by atoms with E-state index in [-0.39, 0.29) is 24.7 Å². The van der Waals surface area contributed by atoms with Crippen molar-refractivity contribution in [3.8, 4) is 11.5 Å². The van der Waals surface area contributed by atoms with Gasteiger partial charge in [-0.15, -0.1) is 0 Å². The fourth-order valence-corrected chi connectivity index (χ4v) is 2.65. The van der Waals surface area contributed by atoms with Crippen molar-refractivity contribution < 1.29 is 18.1 Å². The first kappa shape index (κ1) is 16.1. The van der Waals surface area contributed by atoms with E-state index in [4.69, 9.17) is 8.94 Å². The van der Waals surface area contributed by atoms with Gasteiger partial charge in [-0.3, -0.25) is 4.79 Å². The molecule has 4 aromatic rings. The quantitative estimate of drug-likeness (QED) is 0.589. The molecule has 5 nitrogen and oxygen atoms in total. The molecule has 0 unspecified atom stereocenters.